The van der Waals surface area contributed by atoms with Crippen molar-refractivity contribution in [3.05, 3.63) is 24.8 Å². The van der Waals surface area contributed by atoms with Crippen LogP contribution in [0.15, 0.2) is 24.8 Å². The van der Waals surface area contributed by atoms with Crippen LogP contribution in [0.2, 0.25) is 0 Å². The van der Waals surface area contributed by atoms with E-state index in [1.54, 1.807) is 17.8 Å². The van der Waals surface area contributed by atoms with Gasteiger partial charge in [0.25, 0.3) is 0 Å². The Morgan fingerprint density at radius 2 is 2.15 bits per heavy atom. The van der Waals surface area contributed by atoms with E-state index >= 15 is 0 Å². The van der Waals surface area contributed by atoms with Crippen molar-refractivity contribution < 1.29 is 19.1 Å². The summed E-state index contributed by atoms with van der Waals surface area (Å²) in [6.45, 7) is 9.15. The molecule has 0 aliphatic heterocycles. The van der Waals surface area contributed by atoms with Crippen molar-refractivity contribution in [2.24, 2.45) is 0 Å². The molecule has 0 radical (unpaired) electrons. The molecule has 0 aromatic rings. The lowest BCUT2D eigenvalue weighted by molar-refractivity contribution is -0.137. The van der Waals surface area contributed by atoms with Gasteiger partial charge in [-0.25, -0.2) is 4.79 Å². The Balaban J connectivity index is 4.30. The second-order valence-electron chi connectivity index (χ2n) is 3.95. The summed E-state index contributed by atoms with van der Waals surface area (Å²) < 4.78 is 10.2. The summed E-state index contributed by atoms with van der Waals surface area (Å²) in [6, 6.07) is -0.240. The van der Waals surface area contributed by atoms with Crippen molar-refractivity contribution in [1.82, 2.24) is 4.90 Å². The molecular formula is C14H23NO4S. The van der Waals surface area contributed by atoms with Crippen LogP contribution in [0.25, 0.3) is 0 Å². The van der Waals surface area contributed by atoms with E-state index in [9.17, 15) is 9.59 Å². The highest BCUT2D eigenvalue weighted by atomic mass is 32.2. The van der Waals surface area contributed by atoms with E-state index in [-0.39, 0.29) is 25.3 Å². The van der Waals surface area contributed by atoms with Gasteiger partial charge in [0.05, 0.1) is 5.94 Å². The molecule has 0 rings (SSSR count). The Morgan fingerprint density at radius 3 is 2.70 bits per heavy atom. The summed E-state index contributed by atoms with van der Waals surface area (Å²) in [5.74, 6) is 0.939. The number of hydrogen-bond acceptors (Lipinski definition) is 5. The predicted octanol–water partition coefficient (Wildman–Crippen LogP) is 2.19. The van der Waals surface area contributed by atoms with Crippen molar-refractivity contribution in [3.63, 3.8) is 0 Å². The fraction of sp³-hybridized carbons (Fsp3) is 0.571. The summed E-state index contributed by atoms with van der Waals surface area (Å²) in [7, 11) is 0. The molecule has 1 unspecified atom stereocenters. The number of thioether (sulfide) groups is 1. The van der Waals surface area contributed by atoms with Crippen LogP contribution in [0.1, 0.15) is 20.8 Å². The van der Waals surface area contributed by atoms with Crippen LogP contribution < -0.4 is 0 Å². The van der Waals surface area contributed by atoms with Crippen LogP contribution in [-0.2, 0) is 19.1 Å². The molecule has 1 atom stereocenters. The van der Waals surface area contributed by atoms with Crippen molar-refractivity contribution in [2.45, 2.75) is 26.8 Å². The van der Waals surface area contributed by atoms with Crippen LogP contribution in [0, 0.1) is 0 Å². The molecule has 0 aliphatic rings. The van der Waals surface area contributed by atoms with Gasteiger partial charge < -0.3 is 14.4 Å². The van der Waals surface area contributed by atoms with Crippen LogP contribution in [0.3, 0.4) is 0 Å². The molecule has 20 heavy (non-hydrogen) atoms. The van der Waals surface area contributed by atoms with E-state index in [1.165, 1.54) is 24.0 Å². The molecule has 0 spiro atoms. The zero-order chi connectivity index (χ0) is 15.4. The van der Waals surface area contributed by atoms with Crippen LogP contribution in [0.5, 0.6) is 0 Å². The standard InChI is InChI=1S/C14H23NO4S/c1-5-9-19-14(17)8-7-12(3)15(13(4)16)10-18-11-20-6-2/h5,7-8,12H,1,6,9-11H2,2-4H3/b8-7+. The average molecular weight is 301 g/mol. The van der Waals surface area contributed by atoms with Crippen LogP contribution in [-0.4, -0.2) is 47.8 Å². The third kappa shape index (κ3) is 8.77. The maximum Gasteiger partial charge on any atom is 0.330 e. The first kappa shape index (κ1) is 18.7. The number of esters is 1. The molecule has 0 aromatic carbocycles. The third-order valence-corrected chi connectivity index (χ3v) is 3.09. The highest BCUT2D eigenvalue weighted by Gasteiger charge is 2.14. The van der Waals surface area contributed by atoms with Gasteiger partial charge in [0.1, 0.15) is 13.3 Å². The number of carbonyl (C=O) groups excluding carboxylic acids is 2. The molecule has 1 amide bonds. The monoisotopic (exact) mass is 301 g/mol. The van der Waals surface area contributed by atoms with Crippen molar-refractivity contribution in [3.8, 4) is 0 Å². The van der Waals surface area contributed by atoms with Gasteiger partial charge >= 0.3 is 5.97 Å². The van der Waals surface area contributed by atoms with Crippen LogP contribution >= 0.6 is 11.8 Å². The first-order valence-corrected chi connectivity index (χ1v) is 7.56. The van der Waals surface area contributed by atoms with Gasteiger partial charge in [-0.1, -0.05) is 25.7 Å². The van der Waals surface area contributed by atoms with E-state index in [2.05, 4.69) is 6.58 Å². The molecule has 0 aliphatic carbocycles. The van der Waals surface area contributed by atoms with E-state index < -0.39 is 5.97 Å². The van der Waals surface area contributed by atoms with Gasteiger partial charge in [-0.2, -0.15) is 0 Å². The molecular weight excluding hydrogens is 278 g/mol. The highest BCUT2D eigenvalue weighted by Crippen LogP contribution is 2.05. The zero-order valence-corrected chi connectivity index (χ0v) is 13.1. The fourth-order valence-corrected chi connectivity index (χ4v) is 1.64. The molecule has 5 nitrogen and oxygen atoms in total. The summed E-state index contributed by atoms with van der Waals surface area (Å²) in [5.41, 5.74) is 0. The van der Waals surface area contributed by atoms with Crippen molar-refractivity contribution in [1.29, 1.82) is 0 Å². The molecule has 0 bridgehead atoms. The number of ether oxygens (including phenoxy) is 2. The van der Waals surface area contributed by atoms with Gasteiger partial charge in [0, 0.05) is 19.0 Å². The predicted molar refractivity (Wildman–Crippen MR) is 81.2 cm³/mol. The molecule has 0 saturated heterocycles. The number of carbonyl (C=O) groups is 2. The van der Waals surface area contributed by atoms with Crippen molar-refractivity contribution in [2.75, 3.05) is 25.0 Å². The van der Waals surface area contributed by atoms with Gasteiger partial charge in [-0.15, -0.1) is 11.8 Å². The summed E-state index contributed by atoms with van der Waals surface area (Å²) >= 11 is 1.64. The maximum absolute atomic E-state index is 11.5. The number of rotatable bonds is 10. The Hall–Kier alpha value is -1.27. The van der Waals surface area contributed by atoms with Gasteiger partial charge in [0.15, 0.2) is 0 Å². The van der Waals surface area contributed by atoms with E-state index in [4.69, 9.17) is 9.47 Å². The minimum absolute atomic E-state index is 0.108. The average Bonchev–Trinajstić information content (AvgIpc) is 2.42. The highest BCUT2D eigenvalue weighted by molar-refractivity contribution is 7.99. The number of nitrogens with zero attached hydrogens (tertiary/aromatic N) is 1. The Labute approximate surface area is 125 Å². The van der Waals surface area contributed by atoms with E-state index in [0.29, 0.717) is 5.94 Å². The zero-order valence-electron chi connectivity index (χ0n) is 12.3. The van der Waals surface area contributed by atoms with Gasteiger partial charge in [0.2, 0.25) is 5.91 Å². The molecule has 0 N–H and O–H groups in total. The van der Waals surface area contributed by atoms with Gasteiger partial charge in [-0.3, -0.25) is 4.79 Å². The third-order valence-electron chi connectivity index (χ3n) is 2.35. The van der Waals surface area contributed by atoms with Crippen LogP contribution in [0.4, 0.5) is 0 Å². The Morgan fingerprint density at radius 1 is 1.45 bits per heavy atom. The molecule has 0 aromatic heterocycles. The number of hydrogen-bond donors (Lipinski definition) is 0. The molecule has 6 heteroatoms. The smallest absolute Gasteiger partial charge is 0.330 e. The lowest BCUT2D eigenvalue weighted by Gasteiger charge is -2.25. The van der Waals surface area contributed by atoms with E-state index in [0.717, 1.165) is 5.75 Å². The lowest BCUT2D eigenvalue weighted by atomic mass is 10.2. The molecule has 0 saturated carbocycles. The number of amides is 1. The summed E-state index contributed by atoms with van der Waals surface area (Å²) in [4.78, 5) is 24.4. The minimum Gasteiger partial charge on any atom is -0.458 e. The fourth-order valence-electron chi connectivity index (χ4n) is 1.28. The lowest BCUT2D eigenvalue weighted by Crippen LogP contribution is -2.37. The van der Waals surface area contributed by atoms with Crippen molar-refractivity contribution >= 4 is 23.6 Å². The second kappa shape index (κ2) is 11.5. The first-order valence-electron chi connectivity index (χ1n) is 6.41. The normalized spacial score (nSPS) is 12.2. The topological polar surface area (TPSA) is 55.8 Å². The Bertz CT molecular complexity index is 344. The Kier molecular flexibility index (Phi) is 10.8. The minimum atomic E-state index is -0.456. The SMILES string of the molecule is C=CCOC(=O)/C=C/C(C)N(COCSCC)C(C)=O. The summed E-state index contributed by atoms with van der Waals surface area (Å²) in [5, 5.41) is 0. The quantitative estimate of drug-likeness (QED) is 0.203. The maximum atomic E-state index is 11.5. The molecule has 114 valence electrons. The molecule has 0 fully saturated rings. The largest absolute Gasteiger partial charge is 0.458 e. The van der Waals surface area contributed by atoms with E-state index in [1.807, 2.05) is 13.8 Å². The molecule has 0 heterocycles. The second-order valence-corrected chi connectivity index (χ2v) is 5.17. The first-order chi connectivity index (χ1) is 9.52. The summed E-state index contributed by atoms with van der Waals surface area (Å²) in [6.07, 6.45) is 4.42. The van der Waals surface area contributed by atoms with Gasteiger partial charge in [-0.05, 0) is 12.7 Å².